The maximum atomic E-state index is 12.7. The van der Waals surface area contributed by atoms with Crippen LogP contribution in [-0.2, 0) is 4.79 Å². The van der Waals surface area contributed by atoms with Gasteiger partial charge in [0.2, 0.25) is 5.91 Å². The van der Waals surface area contributed by atoms with Gasteiger partial charge in [0.1, 0.15) is 0 Å². The van der Waals surface area contributed by atoms with Crippen LogP contribution in [-0.4, -0.2) is 30.4 Å². The Kier molecular flexibility index (Phi) is 6.45. The van der Waals surface area contributed by atoms with E-state index in [2.05, 4.69) is 70.0 Å². The molecule has 0 aromatic heterocycles. The van der Waals surface area contributed by atoms with Crippen LogP contribution in [0.4, 0.5) is 5.69 Å². The summed E-state index contributed by atoms with van der Waals surface area (Å²) < 4.78 is 0. The van der Waals surface area contributed by atoms with Crippen LogP contribution < -0.4 is 5.32 Å². The Labute approximate surface area is 147 Å². The summed E-state index contributed by atoms with van der Waals surface area (Å²) in [6.07, 6.45) is 1.27. The van der Waals surface area contributed by atoms with Crippen molar-refractivity contribution in [3.05, 3.63) is 29.3 Å². The quantitative estimate of drug-likeness (QED) is 0.837. The minimum atomic E-state index is 0.117. The van der Waals surface area contributed by atoms with E-state index < -0.39 is 0 Å². The molecule has 1 N–H and O–H groups in total. The molecule has 1 aliphatic heterocycles. The van der Waals surface area contributed by atoms with Gasteiger partial charge in [-0.3, -0.25) is 9.69 Å². The van der Waals surface area contributed by atoms with Crippen molar-refractivity contribution >= 4 is 11.6 Å². The van der Waals surface area contributed by atoms with E-state index in [9.17, 15) is 4.79 Å². The third-order valence-corrected chi connectivity index (χ3v) is 4.95. The predicted octanol–water partition coefficient (Wildman–Crippen LogP) is 4.85. The van der Waals surface area contributed by atoms with Gasteiger partial charge in [-0.05, 0) is 41.2 Å². The molecule has 1 amide bonds. The number of likely N-dealkylation sites (tertiary alicyclic amines) is 1. The number of benzene rings is 1. The molecule has 0 aliphatic carbocycles. The lowest BCUT2D eigenvalue weighted by molar-refractivity contribution is -0.117. The number of para-hydroxylation sites is 1. The van der Waals surface area contributed by atoms with Crippen molar-refractivity contribution in [1.29, 1.82) is 0 Å². The Morgan fingerprint density at radius 3 is 2.04 bits per heavy atom. The lowest BCUT2D eigenvalue weighted by Crippen LogP contribution is -2.43. The minimum absolute atomic E-state index is 0.117. The smallest absolute Gasteiger partial charge is 0.238 e. The number of nitrogens with zero attached hydrogens (tertiary/aromatic N) is 1. The zero-order valence-electron chi connectivity index (χ0n) is 16.2. The van der Waals surface area contributed by atoms with Crippen LogP contribution in [0.15, 0.2) is 18.2 Å². The monoisotopic (exact) mass is 330 g/mol. The molecule has 0 unspecified atom stereocenters. The number of nitrogens with one attached hydrogen (secondary N) is 1. The van der Waals surface area contributed by atoms with Crippen LogP contribution in [0.3, 0.4) is 0 Å². The topological polar surface area (TPSA) is 32.3 Å². The largest absolute Gasteiger partial charge is 0.324 e. The Bertz CT molecular complexity index is 529. The van der Waals surface area contributed by atoms with Crippen LogP contribution in [0.5, 0.6) is 0 Å². The lowest BCUT2D eigenvalue weighted by atomic mass is 9.91. The van der Waals surface area contributed by atoms with Gasteiger partial charge in [-0.1, -0.05) is 59.7 Å². The third kappa shape index (κ3) is 4.83. The summed E-state index contributed by atoms with van der Waals surface area (Å²) in [7, 11) is 0. The molecule has 1 saturated heterocycles. The zero-order valence-corrected chi connectivity index (χ0v) is 16.2. The summed E-state index contributed by atoms with van der Waals surface area (Å²) >= 11 is 0. The van der Waals surface area contributed by atoms with E-state index in [-0.39, 0.29) is 5.91 Å². The second kappa shape index (κ2) is 8.15. The average Bonchev–Trinajstić information content (AvgIpc) is 2.45. The number of amides is 1. The maximum absolute atomic E-state index is 12.7. The number of piperidine rings is 1. The van der Waals surface area contributed by atoms with Gasteiger partial charge >= 0.3 is 0 Å². The first kappa shape index (κ1) is 19.0. The van der Waals surface area contributed by atoms with E-state index in [0.29, 0.717) is 30.2 Å². The Morgan fingerprint density at radius 1 is 1.08 bits per heavy atom. The molecule has 1 aliphatic rings. The molecule has 1 fully saturated rings. The molecule has 1 heterocycles. The first-order valence-corrected chi connectivity index (χ1v) is 9.42. The molecular formula is C21H34N2O. The third-order valence-electron chi connectivity index (χ3n) is 4.95. The van der Waals surface area contributed by atoms with Crippen molar-refractivity contribution < 1.29 is 4.79 Å². The Hall–Kier alpha value is -1.35. The van der Waals surface area contributed by atoms with Crippen LogP contribution in [0.25, 0.3) is 0 Å². The fourth-order valence-corrected chi connectivity index (χ4v) is 4.00. The first-order valence-electron chi connectivity index (χ1n) is 9.42. The van der Waals surface area contributed by atoms with Crippen molar-refractivity contribution in [3.8, 4) is 0 Å². The molecule has 24 heavy (non-hydrogen) atoms. The van der Waals surface area contributed by atoms with Gasteiger partial charge in [0.05, 0.1) is 6.54 Å². The number of rotatable bonds is 5. The summed E-state index contributed by atoms with van der Waals surface area (Å²) in [5.41, 5.74) is 3.50. The van der Waals surface area contributed by atoms with Crippen LogP contribution in [0.1, 0.15) is 70.9 Å². The van der Waals surface area contributed by atoms with Gasteiger partial charge in [0.25, 0.3) is 0 Å². The summed E-state index contributed by atoms with van der Waals surface area (Å²) in [4.78, 5) is 15.0. The lowest BCUT2D eigenvalue weighted by Gasteiger charge is -2.34. The van der Waals surface area contributed by atoms with E-state index in [1.165, 1.54) is 17.5 Å². The van der Waals surface area contributed by atoms with Gasteiger partial charge in [-0.2, -0.15) is 0 Å². The van der Waals surface area contributed by atoms with Crippen LogP contribution in [0.2, 0.25) is 0 Å². The second-order valence-electron chi connectivity index (χ2n) is 8.31. The highest BCUT2D eigenvalue weighted by molar-refractivity contribution is 5.94. The minimum Gasteiger partial charge on any atom is -0.324 e. The molecule has 0 radical (unpaired) electrons. The Balaban J connectivity index is 2.13. The molecule has 0 saturated carbocycles. The zero-order chi connectivity index (χ0) is 17.9. The molecule has 1 aromatic rings. The molecule has 134 valence electrons. The van der Waals surface area contributed by atoms with Crippen molar-refractivity contribution in [2.75, 3.05) is 25.0 Å². The number of hydrogen-bond donors (Lipinski definition) is 1. The second-order valence-corrected chi connectivity index (χ2v) is 8.31. The van der Waals surface area contributed by atoms with E-state index in [0.717, 1.165) is 18.8 Å². The molecule has 2 atom stereocenters. The Morgan fingerprint density at radius 2 is 1.58 bits per heavy atom. The van der Waals surface area contributed by atoms with E-state index in [1.807, 2.05) is 0 Å². The van der Waals surface area contributed by atoms with E-state index in [1.54, 1.807) is 0 Å². The SMILES string of the molecule is CC(C)c1cccc(C(C)C)c1NC(=O)CN1C[C@H](C)C[C@H](C)C1. The molecule has 0 bridgehead atoms. The average molecular weight is 331 g/mol. The molecule has 3 nitrogen and oxygen atoms in total. The number of anilines is 1. The molecule has 0 spiro atoms. The van der Waals surface area contributed by atoms with Crippen molar-refractivity contribution in [3.63, 3.8) is 0 Å². The van der Waals surface area contributed by atoms with Crippen LogP contribution >= 0.6 is 0 Å². The van der Waals surface area contributed by atoms with E-state index in [4.69, 9.17) is 0 Å². The molecular weight excluding hydrogens is 296 g/mol. The van der Waals surface area contributed by atoms with Crippen molar-refractivity contribution in [1.82, 2.24) is 4.90 Å². The summed E-state index contributed by atoms with van der Waals surface area (Å²) in [5, 5.41) is 3.24. The van der Waals surface area contributed by atoms with Gasteiger partial charge in [0.15, 0.2) is 0 Å². The van der Waals surface area contributed by atoms with Gasteiger partial charge in [0, 0.05) is 18.8 Å². The number of carbonyl (C=O) groups excluding carboxylic acids is 1. The molecule has 3 heteroatoms. The van der Waals surface area contributed by atoms with Gasteiger partial charge in [-0.15, -0.1) is 0 Å². The van der Waals surface area contributed by atoms with Crippen LogP contribution in [0, 0.1) is 11.8 Å². The highest BCUT2D eigenvalue weighted by Gasteiger charge is 2.24. The first-order chi connectivity index (χ1) is 11.3. The summed E-state index contributed by atoms with van der Waals surface area (Å²) in [6, 6.07) is 6.38. The highest BCUT2D eigenvalue weighted by Crippen LogP contribution is 2.32. The fourth-order valence-electron chi connectivity index (χ4n) is 4.00. The standard InChI is InChI=1S/C21H34N2O/c1-14(2)18-8-7-9-19(15(3)4)21(18)22-20(24)13-23-11-16(5)10-17(6)12-23/h7-9,14-17H,10-13H2,1-6H3,(H,22,24)/t16-,17+. The van der Waals surface area contributed by atoms with Crippen molar-refractivity contribution in [2.24, 2.45) is 11.8 Å². The summed E-state index contributed by atoms with van der Waals surface area (Å²) in [6.45, 7) is 15.9. The normalized spacial score (nSPS) is 22.2. The fraction of sp³-hybridized carbons (Fsp3) is 0.667. The number of carbonyl (C=O) groups is 1. The van der Waals surface area contributed by atoms with Crippen molar-refractivity contribution in [2.45, 2.75) is 59.8 Å². The van der Waals surface area contributed by atoms with Gasteiger partial charge in [-0.25, -0.2) is 0 Å². The van der Waals surface area contributed by atoms with E-state index >= 15 is 0 Å². The predicted molar refractivity (Wildman–Crippen MR) is 103 cm³/mol. The summed E-state index contributed by atoms with van der Waals surface area (Å²) in [5.74, 6) is 2.26. The maximum Gasteiger partial charge on any atom is 0.238 e. The molecule has 2 rings (SSSR count). The highest BCUT2D eigenvalue weighted by atomic mass is 16.2. The number of hydrogen-bond acceptors (Lipinski definition) is 2. The molecule has 1 aromatic carbocycles. The van der Waals surface area contributed by atoms with Gasteiger partial charge < -0.3 is 5.32 Å².